The highest BCUT2D eigenvalue weighted by molar-refractivity contribution is 5.73. The summed E-state index contributed by atoms with van der Waals surface area (Å²) in [6.07, 6.45) is 0.255. The van der Waals surface area contributed by atoms with Crippen LogP contribution in [0.5, 0.6) is 0 Å². The minimum absolute atomic E-state index is 0.175. The summed E-state index contributed by atoms with van der Waals surface area (Å²) in [6.45, 7) is 4.45. The van der Waals surface area contributed by atoms with Crippen LogP contribution in [0.15, 0.2) is 30.3 Å². The number of esters is 1. The number of rotatable bonds is 6. The van der Waals surface area contributed by atoms with E-state index in [9.17, 15) is 4.79 Å². The first-order valence-corrected chi connectivity index (χ1v) is 6.69. The quantitative estimate of drug-likeness (QED) is 0.630. The zero-order chi connectivity index (χ0) is 13.8. The van der Waals surface area contributed by atoms with Crippen LogP contribution in [0, 0.1) is 11.8 Å². The third kappa shape index (κ3) is 4.04. The fourth-order valence-electron chi connectivity index (χ4n) is 2.17. The number of benzene rings is 1. The van der Waals surface area contributed by atoms with E-state index < -0.39 is 0 Å². The van der Waals surface area contributed by atoms with Gasteiger partial charge in [0.25, 0.3) is 0 Å². The van der Waals surface area contributed by atoms with Crippen LogP contribution >= 0.6 is 0 Å². The Hall–Kier alpha value is -1.39. The Morgan fingerprint density at radius 2 is 2.00 bits per heavy atom. The highest BCUT2D eigenvalue weighted by Crippen LogP contribution is 2.31. The standard InChI is InChI=1S/C15H21NO3/c1-10(2)8-12(13-14(16)19-13)15(17)18-9-11-6-4-3-5-7-11/h3-7,10,12-14H,8-9,16H2,1-2H3/t12-,13?,14?/m0/s1. The van der Waals surface area contributed by atoms with E-state index in [1.165, 1.54) is 0 Å². The highest BCUT2D eigenvalue weighted by atomic mass is 16.6. The maximum atomic E-state index is 12.1. The van der Waals surface area contributed by atoms with Crippen molar-refractivity contribution in [2.75, 3.05) is 0 Å². The van der Waals surface area contributed by atoms with E-state index in [1.807, 2.05) is 30.3 Å². The Morgan fingerprint density at radius 3 is 2.53 bits per heavy atom. The molecule has 2 N–H and O–H groups in total. The molecule has 0 saturated carbocycles. The number of epoxide rings is 1. The van der Waals surface area contributed by atoms with Gasteiger partial charge >= 0.3 is 5.97 Å². The minimum atomic E-state index is -0.312. The van der Waals surface area contributed by atoms with E-state index in [1.54, 1.807) is 0 Å². The monoisotopic (exact) mass is 263 g/mol. The van der Waals surface area contributed by atoms with Crippen LogP contribution in [-0.4, -0.2) is 18.3 Å². The van der Waals surface area contributed by atoms with E-state index in [0.717, 1.165) is 12.0 Å². The lowest BCUT2D eigenvalue weighted by molar-refractivity contribution is -0.151. The topological polar surface area (TPSA) is 64.8 Å². The zero-order valence-electron chi connectivity index (χ0n) is 11.4. The third-order valence-electron chi connectivity index (χ3n) is 3.21. The van der Waals surface area contributed by atoms with Gasteiger partial charge in [-0.3, -0.25) is 4.79 Å². The van der Waals surface area contributed by atoms with Gasteiger partial charge in [-0.25, -0.2) is 0 Å². The molecule has 1 heterocycles. The molecule has 19 heavy (non-hydrogen) atoms. The molecule has 2 unspecified atom stereocenters. The van der Waals surface area contributed by atoms with Crippen molar-refractivity contribution < 1.29 is 14.3 Å². The van der Waals surface area contributed by atoms with Gasteiger partial charge in [-0.15, -0.1) is 0 Å². The second-order valence-electron chi connectivity index (χ2n) is 5.39. The van der Waals surface area contributed by atoms with Gasteiger partial charge in [-0.1, -0.05) is 44.2 Å². The molecule has 4 nitrogen and oxygen atoms in total. The smallest absolute Gasteiger partial charge is 0.312 e. The molecule has 1 fully saturated rings. The van der Waals surface area contributed by atoms with Crippen LogP contribution in [-0.2, 0) is 20.9 Å². The van der Waals surface area contributed by atoms with Crippen molar-refractivity contribution in [2.24, 2.45) is 17.6 Å². The van der Waals surface area contributed by atoms with Crippen LogP contribution in [0.3, 0.4) is 0 Å². The van der Waals surface area contributed by atoms with Crippen LogP contribution in [0.1, 0.15) is 25.8 Å². The summed E-state index contributed by atoms with van der Waals surface area (Å²) in [5, 5.41) is 0. The molecule has 1 aromatic rings. The van der Waals surface area contributed by atoms with Crippen molar-refractivity contribution >= 4 is 5.97 Å². The Labute approximate surface area is 113 Å². The predicted octanol–water partition coefficient (Wildman–Crippen LogP) is 2.08. The summed E-state index contributed by atoms with van der Waals surface area (Å²) in [4.78, 5) is 12.1. The molecule has 0 aromatic heterocycles. The van der Waals surface area contributed by atoms with Gasteiger partial charge in [0.05, 0.1) is 5.92 Å². The highest BCUT2D eigenvalue weighted by Gasteiger charge is 2.46. The maximum Gasteiger partial charge on any atom is 0.312 e. The minimum Gasteiger partial charge on any atom is -0.461 e. The van der Waals surface area contributed by atoms with Crippen molar-refractivity contribution in [2.45, 2.75) is 39.2 Å². The molecule has 2 rings (SSSR count). The lowest BCUT2D eigenvalue weighted by Gasteiger charge is -2.16. The molecule has 0 bridgehead atoms. The molecule has 0 amide bonds. The Morgan fingerprint density at radius 1 is 1.37 bits per heavy atom. The second-order valence-corrected chi connectivity index (χ2v) is 5.39. The lowest BCUT2D eigenvalue weighted by atomic mass is 9.94. The summed E-state index contributed by atoms with van der Waals surface area (Å²) < 4.78 is 10.6. The first kappa shape index (κ1) is 14.0. The first-order chi connectivity index (χ1) is 9.08. The van der Waals surface area contributed by atoms with E-state index in [0.29, 0.717) is 12.5 Å². The van der Waals surface area contributed by atoms with E-state index in [2.05, 4.69) is 13.8 Å². The average molecular weight is 263 g/mol. The number of hydrogen-bond acceptors (Lipinski definition) is 4. The molecule has 1 saturated heterocycles. The molecule has 3 atom stereocenters. The molecular weight excluding hydrogens is 242 g/mol. The molecule has 0 radical (unpaired) electrons. The predicted molar refractivity (Wildman–Crippen MR) is 72.0 cm³/mol. The van der Waals surface area contributed by atoms with E-state index in [4.69, 9.17) is 15.2 Å². The maximum absolute atomic E-state index is 12.1. The van der Waals surface area contributed by atoms with Gasteiger partial charge in [0, 0.05) is 0 Å². The third-order valence-corrected chi connectivity index (χ3v) is 3.21. The molecule has 0 aliphatic carbocycles. The Balaban J connectivity index is 1.89. The van der Waals surface area contributed by atoms with Crippen LogP contribution in [0.2, 0.25) is 0 Å². The molecule has 0 spiro atoms. The Bertz CT molecular complexity index is 419. The van der Waals surface area contributed by atoms with Gasteiger partial charge in [-0.05, 0) is 17.9 Å². The van der Waals surface area contributed by atoms with E-state index >= 15 is 0 Å². The summed E-state index contributed by atoms with van der Waals surface area (Å²) in [7, 11) is 0. The van der Waals surface area contributed by atoms with Crippen molar-refractivity contribution in [3.05, 3.63) is 35.9 Å². The summed E-state index contributed by atoms with van der Waals surface area (Å²) in [6, 6.07) is 9.65. The van der Waals surface area contributed by atoms with Crippen molar-refractivity contribution in [3.63, 3.8) is 0 Å². The van der Waals surface area contributed by atoms with Crippen LogP contribution in [0.4, 0.5) is 0 Å². The molecule has 1 aromatic carbocycles. The van der Waals surface area contributed by atoms with Crippen molar-refractivity contribution in [1.82, 2.24) is 0 Å². The first-order valence-electron chi connectivity index (χ1n) is 6.69. The fraction of sp³-hybridized carbons (Fsp3) is 0.533. The van der Waals surface area contributed by atoms with Gasteiger partial charge in [0.15, 0.2) is 0 Å². The summed E-state index contributed by atoms with van der Waals surface area (Å²) >= 11 is 0. The normalized spacial score (nSPS) is 23.2. The zero-order valence-corrected chi connectivity index (χ0v) is 11.4. The number of carbonyl (C=O) groups is 1. The van der Waals surface area contributed by atoms with Gasteiger partial charge in [0.2, 0.25) is 0 Å². The molecule has 104 valence electrons. The fourth-order valence-corrected chi connectivity index (χ4v) is 2.17. The molecule has 4 heteroatoms. The summed E-state index contributed by atoms with van der Waals surface area (Å²) in [5.74, 6) is -0.0557. The molecular formula is C15H21NO3. The number of nitrogens with two attached hydrogens (primary N) is 1. The number of ether oxygens (including phenoxy) is 2. The van der Waals surface area contributed by atoms with Gasteiger partial charge in [-0.2, -0.15) is 0 Å². The van der Waals surface area contributed by atoms with Crippen LogP contribution < -0.4 is 5.73 Å². The van der Waals surface area contributed by atoms with Crippen molar-refractivity contribution in [1.29, 1.82) is 0 Å². The van der Waals surface area contributed by atoms with Crippen LogP contribution in [0.25, 0.3) is 0 Å². The largest absolute Gasteiger partial charge is 0.461 e. The van der Waals surface area contributed by atoms with Gasteiger partial charge in [0.1, 0.15) is 18.9 Å². The summed E-state index contributed by atoms with van der Waals surface area (Å²) in [5.41, 5.74) is 6.64. The lowest BCUT2D eigenvalue weighted by Crippen LogP contribution is -2.27. The van der Waals surface area contributed by atoms with E-state index in [-0.39, 0.29) is 24.2 Å². The Kier molecular flexibility index (Phi) is 4.56. The molecule has 1 aliphatic heterocycles. The van der Waals surface area contributed by atoms with Gasteiger partial charge < -0.3 is 15.2 Å². The second kappa shape index (κ2) is 6.17. The number of hydrogen-bond donors (Lipinski definition) is 1. The van der Waals surface area contributed by atoms with Crippen molar-refractivity contribution in [3.8, 4) is 0 Å². The average Bonchev–Trinajstić information content (AvgIpc) is 3.11. The molecule has 1 aliphatic rings. The number of carbonyl (C=O) groups excluding carboxylic acids is 1. The SMILES string of the molecule is CC(C)C[C@H](C(=O)OCc1ccccc1)C1OC1N.